The molecule has 2 aromatic rings. The normalized spacial score (nSPS) is 13.4. The van der Waals surface area contributed by atoms with Gasteiger partial charge >= 0.3 is 0 Å². The van der Waals surface area contributed by atoms with Gasteiger partial charge in [0.25, 0.3) is 0 Å². The number of benzene rings is 2. The number of rotatable bonds is 6. The number of aliphatic hydroxyl groups is 2. The second-order valence-electron chi connectivity index (χ2n) is 4.82. The van der Waals surface area contributed by atoms with Crippen LogP contribution in [-0.4, -0.2) is 35.1 Å². The zero-order chi connectivity index (χ0) is 17.0. The van der Waals surface area contributed by atoms with Crippen LogP contribution >= 0.6 is 23.2 Å². The van der Waals surface area contributed by atoms with Crippen LogP contribution in [0.2, 0.25) is 10.0 Å². The van der Waals surface area contributed by atoms with E-state index in [4.69, 9.17) is 32.7 Å². The number of methoxy groups -OCH3 is 1. The molecule has 0 saturated carbocycles. The fourth-order valence-corrected chi connectivity index (χ4v) is 2.57. The Kier molecular flexibility index (Phi) is 5.96. The highest BCUT2D eigenvalue weighted by Gasteiger charge is 2.23. The van der Waals surface area contributed by atoms with Gasteiger partial charge in [-0.3, -0.25) is 0 Å². The van der Waals surface area contributed by atoms with Gasteiger partial charge < -0.3 is 24.8 Å². The first-order valence-corrected chi connectivity index (χ1v) is 7.48. The molecule has 0 aromatic heterocycles. The fourth-order valence-electron chi connectivity index (χ4n) is 2.07. The van der Waals surface area contributed by atoms with Crippen LogP contribution in [0.5, 0.6) is 17.2 Å². The van der Waals surface area contributed by atoms with E-state index in [1.165, 1.54) is 37.4 Å². The van der Waals surface area contributed by atoms with Gasteiger partial charge in [-0.15, -0.1) is 0 Å². The Labute approximate surface area is 143 Å². The molecule has 5 nitrogen and oxygen atoms in total. The Bertz CT molecular complexity index is 657. The van der Waals surface area contributed by atoms with Crippen LogP contribution in [0.4, 0.5) is 0 Å². The third kappa shape index (κ3) is 4.42. The van der Waals surface area contributed by atoms with Crippen molar-refractivity contribution in [3.8, 4) is 17.2 Å². The summed E-state index contributed by atoms with van der Waals surface area (Å²) in [6.45, 7) is -0.436. The lowest BCUT2D eigenvalue weighted by molar-refractivity contribution is 0.000673. The number of phenolic OH excluding ortho intramolecular Hbond substituents is 1. The molecule has 0 amide bonds. The second kappa shape index (κ2) is 7.75. The SMILES string of the molecule is COc1cc(C(O)C(CO)Oc2cc(Cl)cc(Cl)c2)ccc1O. The van der Waals surface area contributed by atoms with Crippen molar-refractivity contribution in [2.45, 2.75) is 12.2 Å². The molecule has 124 valence electrons. The fraction of sp³-hybridized carbons (Fsp3) is 0.250. The highest BCUT2D eigenvalue weighted by atomic mass is 35.5. The zero-order valence-electron chi connectivity index (χ0n) is 12.2. The van der Waals surface area contributed by atoms with E-state index in [-0.39, 0.29) is 11.5 Å². The smallest absolute Gasteiger partial charge is 0.160 e. The van der Waals surface area contributed by atoms with Crippen molar-refractivity contribution in [1.82, 2.24) is 0 Å². The number of hydrogen-bond donors (Lipinski definition) is 3. The number of phenols is 1. The van der Waals surface area contributed by atoms with Gasteiger partial charge in [0.2, 0.25) is 0 Å². The minimum Gasteiger partial charge on any atom is -0.504 e. The van der Waals surface area contributed by atoms with E-state index in [1.54, 1.807) is 6.07 Å². The summed E-state index contributed by atoms with van der Waals surface area (Å²) in [4.78, 5) is 0. The van der Waals surface area contributed by atoms with Crippen LogP contribution in [0.3, 0.4) is 0 Å². The first-order chi connectivity index (χ1) is 10.9. The van der Waals surface area contributed by atoms with Crippen LogP contribution in [0.1, 0.15) is 11.7 Å². The van der Waals surface area contributed by atoms with Crippen LogP contribution in [0.15, 0.2) is 36.4 Å². The van der Waals surface area contributed by atoms with Gasteiger partial charge in [0, 0.05) is 10.0 Å². The van der Waals surface area contributed by atoms with Crippen LogP contribution in [-0.2, 0) is 0 Å². The third-order valence-electron chi connectivity index (χ3n) is 3.20. The largest absolute Gasteiger partial charge is 0.504 e. The Balaban J connectivity index is 2.22. The van der Waals surface area contributed by atoms with Gasteiger partial charge in [0.1, 0.15) is 11.9 Å². The van der Waals surface area contributed by atoms with Crippen molar-refractivity contribution < 1.29 is 24.8 Å². The van der Waals surface area contributed by atoms with E-state index < -0.39 is 18.8 Å². The highest BCUT2D eigenvalue weighted by molar-refractivity contribution is 6.34. The summed E-state index contributed by atoms with van der Waals surface area (Å²) in [6, 6.07) is 8.98. The second-order valence-corrected chi connectivity index (χ2v) is 5.69. The summed E-state index contributed by atoms with van der Waals surface area (Å²) in [5.41, 5.74) is 0.423. The topological polar surface area (TPSA) is 79.2 Å². The van der Waals surface area contributed by atoms with Crippen LogP contribution in [0, 0.1) is 0 Å². The van der Waals surface area contributed by atoms with Crippen LogP contribution < -0.4 is 9.47 Å². The highest BCUT2D eigenvalue weighted by Crippen LogP contribution is 2.32. The third-order valence-corrected chi connectivity index (χ3v) is 3.64. The molecule has 7 heteroatoms. The molecule has 0 fully saturated rings. The van der Waals surface area contributed by atoms with E-state index in [0.717, 1.165) is 0 Å². The molecule has 0 aliphatic carbocycles. The Morgan fingerprint density at radius 3 is 2.30 bits per heavy atom. The predicted octanol–water partition coefficient (Wildman–Crippen LogP) is 3.18. The monoisotopic (exact) mass is 358 g/mol. The standard InChI is InChI=1S/C16H16Cl2O5/c1-22-14-4-9(2-3-13(14)20)16(21)15(8-19)23-12-6-10(17)5-11(18)7-12/h2-7,15-16,19-21H,8H2,1H3. The molecule has 2 rings (SSSR count). The molecule has 0 spiro atoms. The lowest BCUT2D eigenvalue weighted by Gasteiger charge is -2.23. The lowest BCUT2D eigenvalue weighted by atomic mass is 10.0. The molecular formula is C16H16Cl2O5. The average Bonchev–Trinajstić information content (AvgIpc) is 2.51. The van der Waals surface area contributed by atoms with Gasteiger partial charge in [0.15, 0.2) is 17.6 Å². The number of ether oxygens (including phenoxy) is 2. The molecule has 23 heavy (non-hydrogen) atoms. The molecule has 3 N–H and O–H groups in total. The average molecular weight is 359 g/mol. The summed E-state index contributed by atoms with van der Waals surface area (Å²) < 4.78 is 10.6. The molecule has 0 radical (unpaired) electrons. The Morgan fingerprint density at radius 1 is 1.09 bits per heavy atom. The maximum Gasteiger partial charge on any atom is 0.160 e. The van der Waals surface area contributed by atoms with Gasteiger partial charge in [-0.2, -0.15) is 0 Å². The molecule has 0 aliphatic heterocycles. The molecule has 2 aromatic carbocycles. The molecule has 0 saturated heterocycles. The van der Waals surface area contributed by atoms with E-state index in [1.807, 2.05) is 0 Å². The molecule has 0 aliphatic rings. The molecule has 0 heterocycles. The maximum atomic E-state index is 10.4. The van der Waals surface area contributed by atoms with Gasteiger partial charge in [-0.1, -0.05) is 29.3 Å². The van der Waals surface area contributed by atoms with E-state index in [9.17, 15) is 15.3 Å². The van der Waals surface area contributed by atoms with Crippen molar-refractivity contribution >= 4 is 23.2 Å². The summed E-state index contributed by atoms with van der Waals surface area (Å²) in [6.07, 6.45) is -2.09. The number of hydrogen-bond acceptors (Lipinski definition) is 5. The Hall–Kier alpha value is -1.66. The molecular weight excluding hydrogens is 343 g/mol. The quantitative estimate of drug-likeness (QED) is 0.738. The molecule has 0 bridgehead atoms. The first kappa shape index (κ1) is 17.7. The van der Waals surface area contributed by atoms with E-state index in [0.29, 0.717) is 21.4 Å². The minimum absolute atomic E-state index is 0.0495. The van der Waals surface area contributed by atoms with Crippen molar-refractivity contribution in [3.05, 3.63) is 52.0 Å². The summed E-state index contributed by atoms with van der Waals surface area (Å²) >= 11 is 11.8. The van der Waals surface area contributed by atoms with Crippen molar-refractivity contribution in [3.63, 3.8) is 0 Å². The van der Waals surface area contributed by atoms with Gasteiger partial charge in [-0.25, -0.2) is 0 Å². The summed E-state index contributed by atoms with van der Waals surface area (Å²) in [5, 5.41) is 30.3. The minimum atomic E-state index is -1.15. The zero-order valence-corrected chi connectivity index (χ0v) is 13.8. The van der Waals surface area contributed by atoms with Crippen molar-refractivity contribution in [2.75, 3.05) is 13.7 Å². The number of aliphatic hydroxyl groups excluding tert-OH is 2. The van der Waals surface area contributed by atoms with Crippen molar-refractivity contribution in [2.24, 2.45) is 0 Å². The molecule has 2 unspecified atom stereocenters. The van der Waals surface area contributed by atoms with Crippen molar-refractivity contribution in [1.29, 1.82) is 0 Å². The van der Waals surface area contributed by atoms with Crippen LogP contribution in [0.25, 0.3) is 0 Å². The predicted molar refractivity (Wildman–Crippen MR) is 87.6 cm³/mol. The van der Waals surface area contributed by atoms with E-state index in [2.05, 4.69) is 0 Å². The lowest BCUT2D eigenvalue weighted by Crippen LogP contribution is -2.29. The first-order valence-electron chi connectivity index (χ1n) is 6.73. The van der Waals surface area contributed by atoms with E-state index >= 15 is 0 Å². The Morgan fingerprint density at radius 2 is 1.74 bits per heavy atom. The molecule has 2 atom stereocenters. The maximum absolute atomic E-state index is 10.4. The van der Waals surface area contributed by atoms with Gasteiger partial charge in [-0.05, 0) is 35.9 Å². The summed E-state index contributed by atoms with van der Waals surface area (Å²) in [5.74, 6) is 0.488. The van der Waals surface area contributed by atoms with Gasteiger partial charge in [0.05, 0.1) is 13.7 Å². The number of aromatic hydroxyl groups is 1. The summed E-state index contributed by atoms with van der Waals surface area (Å²) in [7, 11) is 1.40. The number of halogens is 2.